The fourth-order valence-corrected chi connectivity index (χ4v) is 4.08. The van der Waals surface area contributed by atoms with Crippen LogP contribution in [0.2, 0.25) is 0 Å². The zero-order valence-corrected chi connectivity index (χ0v) is 12.3. The van der Waals surface area contributed by atoms with E-state index in [0.29, 0.717) is 12.6 Å². The third-order valence-electron chi connectivity index (χ3n) is 4.94. The highest BCUT2D eigenvalue weighted by Crippen LogP contribution is 2.51. The van der Waals surface area contributed by atoms with Gasteiger partial charge in [0.05, 0.1) is 12.1 Å². The van der Waals surface area contributed by atoms with Gasteiger partial charge >= 0.3 is 5.95 Å². The summed E-state index contributed by atoms with van der Waals surface area (Å²) in [6.45, 7) is 2.33. The second kappa shape index (κ2) is 5.38. The summed E-state index contributed by atoms with van der Waals surface area (Å²) in [7, 11) is 0. The van der Waals surface area contributed by atoms with Crippen LogP contribution in [0.25, 0.3) is 0 Å². The minimum absolute atomic E-state index is 0.109. The molecule has 21 heavy (non-hydrogen) atoms. The summed E-state index contributed by atoms with van der Waals surface area (Å²) in [6, 6.07) is 0.333. The molecule has 1 N–H and O–H groups in total. The number of nitro groups is 1. The molecule has 4 atom stereocenters. The predicted octanol–water partition coefficient (Wildman–Crippen LogP) is 1.91. The summed E-state index contributed by atoms with van der Waals surface area (Å²) in [5.41, 5.74) is -0.139. The Balaban J connectivity index is 1.86. The van der Waals surface area contributed by atoms with Crippen LogP contribution in [0.4, 0.5) is 5.95 Å². The van der Waals surface area contributed by atoms with Gasteiger partial charge in [0, 0.05) is 6.04 Å². The van der Waals surface area contributed by atoms with E-state index in [0.717, 1.165) is 19.3 Å². The summed E-state index contributed by atoms with van der Waals surface area (Å²) < 4.78 is 1.62. The summed E-state index contributed by atoms with van der Waals surface area (Å²) in [4.78, 5) is 16.6. The van der Waals surface area contributed by atoms with Crippen molar-refractivity contribution in [3.8, 4) is 0 Å². The average molecular weight is 294 g/mol. The standard InChI is InChI=1S/C14H22N4O3/c1-11(19)17-12-6-4-2-3-5-7-14(12,17)10-16-9-8-15-13(16)18(20)21/h8-9,11-12,19H,2-7,10H2,1H3. The second-order valence-corrected chi connectivity index (χ2v) is 6.22. The molecule has 1 aromatic heterocycles. The van der Waals surface area contributed by atoms with E-state index in [2.05, 4.69) is 9.88 Å². The number of hydrogen-bond donors (Lipinski definition) is 1. The topological polar surface area (TPSA) is 84.2 Å². The van der Waals surface area contributed by atoms with E-state index < -0.39 is 11.2 Å². The molecular formula is C14H22N4O3. The zero-order valence-electron chi connectivity index (χ0n) is 12.3. The Hall–Kier alpha value is -1.47. The maximum atomic E-state index is 11.0. The van der Waals surface area contributed by atoms with E-state index in [1.807, 2.05) is 0 Å². The van der Waals surface area contributed by atoms with Gasteiger partial charge < -0.3 is 15.2 Å². The number of hydrogen-bond acceptors (Lipinski definition) is 5. The minimum Gasteiger partial charge on any atom is -0.390 e. The third kappa shape index (κ3) is 2.44. The highest BCUT2D eigenvalue weighted by Gasteiger charge is 2.64. The molecule has 116 valence electrons. The van der Waals surface area contributed by atoms with Crippen molar-refractivity contribution in [2.45, 2.75) is 69.8 Å². The molecule has 2 aliphatic rings. The summed E-state index contributed by atoms with van der Waals surface area (Å²) >= 11 is 0. The molecule has 0 bridgehead atoms. The van der Waals surface area contributed by atoms with E-state index in [9.17, 15) is 15.2 Å². The summed E-state index contributed by atoms with van der Waals surface area (Å²) in [5, 5.41) is 21.1. The highest BCUT2D eigenvalue weighted by atomic mass is 16.6. The van der Waals surface area contributed by atoms with Crippen molar-refractivity contribution in [2.24, 2.45) is 0 Å². The predicted molar refractivity (Wildman–Crippen MR) is 76.6 cm³/mol. The molecule has 4 unspecified atom stereocenters. The van der Waals surface area contributed by atoms with Crippen LogP contribution >= 0.6 is 0 Å². The number of aliphatic hydroxyl groups excluding tert-OH is 1. The van der Waals surface area contributed by atoms with Gasteiger partial charge in [-0.25, -0.2) is 4.57 Å². The largest absolute Gasteiger partial charge is 0.434 e. The third-order valence-corrected chi connectivity index (χ3v) is 4.94. The first kappa shape index (κ1) is 14.5. The van der Waals surface area contributed by atoms with Crippen molar-refractivity contribution < 1.29 is 10.0 Å². The Morgan fingerprint density at radius 3 is 3.00 bits per heavy atom. The summed E-state index contributed by atoms with van der Waals surface area (Å²) in [6.07, 6.45) is 9.41. The van der Waals surface area contributed by atoms with E-state index in [4.69, 9.17) is 0 Å². The Morgan fingerprint density at radius 1 is 1.52 bits per heavy atom. The van der Waals surface area contributed by atoms with Crippen molar-refractivity contribution in [1.29, 1.82) is 0 Å². The SMILES string of the molecule is CC(O)N1C2CCCCCCC21Cn1ccnc1[N+](=O)[O-]. The molecule has 1 aliphatic carbocycles. The number of aliphatic hydroxyl groups is 1. The molecule has 3 rings (SSSR count). The number of aromatic nitrogens is 2. The van der Waals surface area contributed by atoms with Crippen LogP contribution in [0.1, 0.15) is 45.4 Å². The van der Waals surface area contributed by atoms with Gasteiger partial charge in [-0.1, -0.05) is 30.7 Å². The molecular weight excluding hydrogens is 272 g/mol. The van der Waals surface area contributed by atoms with Gasteiger partial charge in [-0.15, -0.1) is 0 Å². The fourth-order valence-electron chi connectivity index (χ4n) is 4.08. The Kier molecular flexibility index (Phi) is 3.71. The van der Waals surface area contributed by atoms with Gasteiger partial charge in [-0.3, -0.25) is 4.90 Å². The number of rotatable bonds is 4. The molecule has 1 aromatic rings. The molecule has 1 saturated heterocycles. The Bertz CT molecular complexity index is 530. The lowest BCUT2D eigenvalue weighted by molar-refractivity contribution is -0.396. The lowest BCUT2D eigenvalue weighted by Gasteiger charge is -2.19. The molecule has 0 aromatic carbocycles. The molecule has 1 saturated carbocycles. The van der Waals surface area contributed by atoms with Crippen LogP contribution in [-0.2, 0) is 6.54 Å². The van der Waals surface area contributed by atoms with Crippen LogP contribution in [0.3, 0.4) is 0 Å². The highest BCUT2D eigenvalue weighted by molar-refractivity contribution is 5.20. The first-order valence-corrected chi connectivity index (χ1v) is 7.68. The molecule has 7 heteroatoms. The van der Waals surface area contributed by atoms with Crippen molar-refractivity contribution >= 4 is 5.95 Å². The van der Waals surface area contributed by atoms with E-state index in [1.165, 1.54) is 25.5 Å². The van der Waals surface area contributed by atoms with Gasteiger partial charge in [0.1, 0.15) is 18.6 Å². The molecule has 0 spiro atoms. The first-order chi connectivity index (χ1) is 10.1. The Labute approximate surface area is 123 Å². The number of fused-ring (bicyclic) bond motifs is 1. The van der Waals surface area contributed by atoms with Gasteiger partial charge in [-0.2, -0.15) is 0 Å². The molecule has 1 aliphatic heterocycles. The first-order valence-electron chi connectivity index (χ1n) is 7.68. The monoisotopic (exact) mass is 294 g/mol. The van der Waals surface area contributed by atoms with E-state index >= 15 is 0 Å². The van der Waals surface area contributed by atoms with Crippen molar-refractivity contribution in [3.05, 3.63) is 22.5 Å². The average Bonchev–Trinajstić information content (AvgIpc) is 2.79. The zero-order chi connectivity index (χ0) is 15.0. The molecule has 2 fully saturated rings. The molecule has 2 heterocycles. The van der Waals surface area contributed by atoms with E-state index in [1.54, 1.807) is 17.7 Å². The second-order valence-electron chi connectivity index (χ2n) is 6.22. The maximum absolute atomic E-state index is 11.0. The smallest absolute Gasteiger partial charge is 0.390 e. The number of nitrogens with zero attached hydrogens (tertiary/aromatic N) is 4. The van der Waals surface area contributed by atoms with Crippen LogP contribution in [0, 0.1) is 10.1 Å². The quantitative estimate of drug-likeness (QED) is 0.521. The van der Waals surface area contributed by atoms with Gasteiger partial charge in [0.15, 0.2) is 0 Å². The number of imidazole rings is 1. The van der Waals surface area contributed by atoms with E-state index in [-0.39, 0.29) is 11.5 Å². The fraction of sp³-hybridized carbons (Fsp3) is 0.786. The van der Waals surface area contributed by atoms with Crippen LogP contribution < -0.4 is 0 Å². The lowest BCUT2D eigenvalue weighted by atomic mass is 9.90. The Morgan fingerprint density at radius 2 is 2.29 bits per heavy atom. The van der Waals surface area contributed by atoms with Crippen LogP contribution in [0.5, 0.6) is 0 Å². The van der Waals surface area contributed by atoms with Gasteiger partial charge in [0.2, 0.25) is 0 Å². The molecule has 7 nitrogen and oxygen atoms in total. The van der Waals surface area contributed by atoms with Crippen LogP contribution in [0.15, 0.2) is 12.4 Å². The van der Waals surface area contributed by atoms with Gasteiger partial charge in [-0.05, 0) is 24.7 Å². The van der Waals surface area contributed by atoms with Crippen LogP contribution in [-0.4, -0.2) is 42.3 Å². The van der Waals surface area contributed by atoms with Crippen molar-refractivity contribution in [2.75, 3.05) is 0 Å². The minimum atomic E-state index is -0.504. The van der Waals surface area contributed by atoms with Gasteiger partial charge in [0.25, 0.3) is 0 Å². The normalized spacial score (nSPS) is 33.6. The van der Waals surface area contributed by atoms with Crippen molar-refractivity contribution in [1.82, 2.24) is 14.5 Å². The molecule has 0 amide bonds. The summed E-state index contributed by atoms with van der Waals surface area (Å²) in [5.74, 6) is -0.109. The molecule has 0 radical (unpaired) electrons. The lowest BCUT2D eigenvalue weighted by Crippen LogP contribution is -2.30. The van der Waals surface area contributed by atoms with Crippen molar-refractivity contribution in [3.63, 3.8) is 0 Å². The maximum Gasteiger partial charge on any atom is 0.434 e.